The summed E-state index contributed by atoms with van der Waals surface area (Å²) in [6.45, 7) is 9.28. The average molecular weight is 859 g/mol. The van der Waals surface area contributed by atoms with Gasteiger partial charge in [0.2, 0.25) is 41.4 Å². The van der Waals surface area contributed by atoms with Crippen molar-refractivity contribution in [2.45, 2.75) is 107 Å². The molecule has 1 saturated heterocycles. The molecule has 1 heterocycles. The first-order valence-electron chi connectivity index (χ1n) is 18.7. The van der Waals surface area contributed by atoms with E-state index >= 15 is 0 Å². The van der Waals surface area contributed by atoms with Crippen molar-refractivity contribution in [1.82, 2.24) is 31.9 Å². The van der Waals surface area contributed by atoms with E-state index in [0.29, 0.717) is 11.1 Å². The van der Waals surface area contributed by atoms with Gasteiger partial charge in [-0.1, -0.05) is 77.9 Å². The Balaban J connectivity index is 2.11. The van der Waals surface area contributed by atoms with E-state index in [-0.39, 0.29) is 18.6 Å². The number of carbonyl (C=O) groups excluding carboxylic acids is 7. The highest BCUT2D eigenvalue weighted by molar-refractivity contribution is 8.77. The van der Waals surface area contributed by atoms with Crippen LogP contribution in [0.25, 0.3) is 0 Å². The SMILES string of the molecule is CC(C)[C@H](NC(=O)[C@H]1NC(=O)[C@H](CC(=O)O)NC(=O)[C@H](Cc2ccccc2)NC(=O)[C@H](NC(=O)[C@@H](N)Cc2ccc(O)cc2)C(C)(C)SSC1(C)C)C(=O)NCC(N)=O. The molecule has 0 spiro atoms. The number of benzene rings is 2. The zero-order valence-corrected chi connectivity index (χ0v) is 35.3. The van der Waals surface area contributed by atoms with E-state index in [9.17, 15) is 48.6 Å². The minimum atomic E-state index is -1.74. The third kappa shape index (κ3) is 14.5. The molecular weight excluding hydrogens is 805 g/mol. The molecule has 322 valence electrons. The number of primary amides is 1. The second-order valence-electron chi connectivity index (χ2n) is 15.6. The number of carboxylic acid groups (broad SMARTS) is 1. The van der Waals surface area contributed by atoms with E-state index in [4.69, 9.17) is 11.5 Å². The number of phenols is 1. The summed E-state index contributed by atoms with van der Waals surface area (Å²) in [6.07, 6.45) is -0.959. The Morgan fingerprint density at radius 3 is 1.95 bits per heavy atom. The summed E-state index contributed by atoms with van der Waals surface area (Å²) >= 11 is 0. The Kier molecular flexibility index (Phi) is 17.2. The fraction of sp³-hybridized carbons (Fsp3) is 0.487. The molecule has 0 aliphatic carbocycles. The fourth-order valence-corrected chi connectivity index (χ4v) is 8.74. The van der Waals surface area contributed by atoms with Crippen LogP contribution in [0.1, 0.15) is 59.1 Å². The van der Waals surface area contributed by atoms with Gasteiger partial charge in [-0.25, -0.2) is 0 Å². The predicted octanol–water partition coefficient (Wildman–Crippen LogP) is -0.387. The van der Waals surface area contributed by atoms with Crippen LogP contribution in [0.15, 0.2) is 54.6 Å². The summed E-state index contributed by atoms with van der Waals surface area (Å²) in [4.78, 5) is 107. The Morgan fingerprint density at radius 1 is 0.797 bits per heavy atom. The molecule has 0 saturated carbocycles. The highest BCUT2D eigenvalue weighted by Crippen LogP contribution is 2.47. The number of aromatic hydroxyl groups is 1. The van der Waals surface area contributed by atoms with Gasteiger partial charge in [0, 0.05) is 15.9 Å². The lowest BCUT2D eigenvalue weighted by atomic mass is 9.98. The van der Waals surface area contributed by atoms with Gasteiger partial charge in [-0.15, -0.1) is 0 Å². The molecule has 0 bridgehead atoms. The quantitative estimate of drug-likeness (QED) is 0.109. The largest absolute Gasteiger partial charge is 0.508 e. The Hall–Kier alpha value is -5.34. The molecule has 2 aromatic carbocycles. The molecule has 0 radical (unpaired) electrons. The van der Waals surface area contributed by atoms with E-state index in [0.717, 1.165) is 21.6 Å². The molecule has 0 aromatic heterocycles. The lowest BCUT2D eigenvalue weighted by Crippen LogP contribution is -2.65. The zero-order chi connectivity index (χ0) is 44.2. The van der Waals surface area contributed by atoms with E-state index in [2.05, 4.69) is 31.9 Å². The van der Waals surface area contributed by atoms with E-state index < -0.39 is 112 Å². The van der Waals surface area contributed by atoms with Crippen LogP contribution in [-0.4, -0.2) is 110 Å². The van der Waals surface area contributed by atoms with Gasteiger partial charge in [0.05, 0.1) is 19.0 Å². The molecule has 20 heteroatoms. The van der Waals surface area contributed by atoms with Crippen molar-refractivity contribution >= 4 is 68.9 Å². The Bertz CT molecular complexity index is 1860. The number of aliphatic carboxylic acids is 1. The normalized spacial score (nSPS) is 21.9. The molecule has 3 rings (SSSR count). The summed E-state index contributed by atoms with van der Waals surface area (Å²) in [6, 6.07) is 6.29. The first kappa shape index (κ1) is 48.0. The molecule has 1 fully saturated rings. The second-order valence-corrected chi connectivity index (χ2v) is 19.0. The van der Waals surface area contributed by atoms with Gasteiger partial charge in [0.1, 0.15) is 36.0 Å². The van der Waals surface area contributed by atoms with Gasteiger partial charge in [0.25, 0.3) is 0 Å². The van der Waals surface area contributed by atoms with Crippen LogP contribution in [0, 0.1) is 5.92 Å². The summed E-state index contributed by atoms with van der Waals surface area (Å²) < 4.78 is -2.55. The van der Waals surface area contributed by atoms with Gasteiger partial charge >= 0.3 is 5.97 Å². The Morgan fingerprint density at radius 2 is 1.37 bits per heavy atom. The summed E-state index contributed by atoms with van der Waals surface area (Å²) in [5, 5.41) is 34.9. The van der Waals surface area contributed by atoms with Crippen molar-refractivity contribution in [3.05, 3.63) is 65.7 Å². The number of nitrogens with two attached hydrogens (primary N) is 2. The van der Waals surface area contributed by atoms with E-state index in [1.54, 1.807) is 84.0 Å². The van der Waals surface area contributed by atoms with Crippen molar-refractivity contribution in [3.63, 3.8) is 0 Å². The maximum atomic E-state index is 14.4. The van der Waals surface area contributed by atoms with Crippen molar-refractivity contribution in [2.24, 2.45) is 17.4 Å². The molecular formula is C39H54N8O10S2. The zero-order valence-electron chi connectivity index (χ0n) is 33.7. The van der Waals surface area contributed by atoms with Crippen LogP contribution in [-0.2, 0) is 51.2 Å². The van der Waals surface area contributed by atoms with Crippen LogP contribution in [0.4, 0.5) is 0 Å². The maximum absolute atomic E-state index is 14.4. The predicted molar refractivity (Wildman–Crippen MR) is 222 cm³/mol. The molecule has 59 heavy (non-hydrogen) atoms. The minimum absolute atomic E-state index is 0.0236. The lowest BCUT2D eigenvalue weighted by Gasteiger charge is -2.40. The van der Waals surface area contributed by atoms with Crippen LogP contribution < -0.4 is 43.4 Å². The molecule has 1 aliphatic heterocycles. The average Bonchev–Trinajstić information content (AvgIpc) is 3.15. The van der Waals surface area contributed by atoms with Gasteiger partial charge in [0.15, 0.2) is 0 Å². The fourth-order valence-electron chi connectivity index (χ4n) is 5.92. The van der Waals surface area contributed by atoms with Gasteiger partial charge in [-0.3, -0.25) is 38.4 Å². The first-order valence-corrected chi connectivity index (χ1v) is 20.9. The number of nitrogens with one attached hydrogen (secondary N) is 6. The highest BCUT2D eigenvalue weighted by atomic mass is 33.1. The van der Waals surface area contributed by atoms with Crippen molar-refractivity contribution in [2.75, 3.05) is 6.54 Å². The maximum Gasteiger partial charge on any atom is 0.305 e. The number of amides is 7. The van der Waals surface area contributed by atoms with E-state index in [1.807, 2.05) is 0 Å². The molecule has 1 aliphatic rings. The van der Waals surface area contributed by atoms with Crippen LogP contribution in [0.3, 0.4) is 0 Å². The summed E-state index contributed by atoms with van der Waals surface area (Å²) in [5.41, 5.74) is 12.7. The first-order chi connectivity index (χ1) is 27.5. The molecule has 12 N–H and O–H groups in total. The molecule has 18 nitrogen and oxygen atoms in total. The van der Waals surface area contributed by atoms with Crippen molar-refractivity contribution in [1.29, 1.82) is 0 Å². The monoisotopic (exact) mass is 858 g/mol. The second kappa shape index (κ2) is 21.1. The smallest absolute Gasteiger partial charge is 0.305 e. The van der Waals surface area contributed by atoms with Crippen LogP contribution in [0.5, 0.6) is 5.75 Å². The van der Waals surface area contributed by atoms with Crippen molar-refractivity contribution in [3.8, 4) is 5.75 Å². The molecule has 6 atom stereocenters. The van der Waals surface area contributed by atoms with E-state index in [1.165, 1.54) is 12.1 Å². The van der Waals surface area contributed by atoms with Gasteiger partial charge in [-0.05, 0) is 63.3 Å². The number of carboxylic acids is 1. The molecule has 2 aromatic rings. The van der Waals surface area contributed by atoms with Gasteiger partial charge in [-0.2, -0.15) is 0 Å². The number of hydrogen-bond donors (Lipinski definition) is 10. The molecule has 7 amide bonds. The molecule has 0 unspecified atom stereocenters. The highest BCUT2D eigenvalue weighted by Gasteiger charge is 2.46. The number of rotatable bonds is 14. The topological polar surface area (TPSA) is 301 Å². The number of carbonyl (C=O) groups is 8. The number of phenolic OH excluding ortho intramolecular Hbond substituents is 1. The lowest BCUT2D eigenvalue weighted by molar-refractivity contribution is -0.141. The number of hydrogen-bond acceptors (Lipinski definition) is 12. The Labute approximate surface area is 350 Å². The third-order valence-electron chi connectivity index (χ3n) is 9.30. The van der Waals surface area contributed by atoms with Crippen molar-refractivity contribution < 1.29 is 48.6 Å². The minimum Gasteiger partial charge on any atom is -0.508 e. The summed E-state index contributed by atoms with van der Waals surface area (Å²) in [5.74, 6) is -7.83. The van der Waals surface area contributed by atoms with Gasteiger partial charge < -0.3 is 53.6 Å². The standard InChI is InChI=1S/C39H54N8O10S2/c1-20(2)29(35(55)42-19-27(41)49)45-37(57)31-39(5,6)59-58-38(3,4)30(46-32(52)24(40)16-22-12-14-23(48)15-13-22)36(56)44-25(17-21-10-8-7-9-11-21)33(53)43-26(18-28(50)51)34(54)47-31/h7-15,20,24-26,29-31,48H,16-19,40H2,1-6H3,(H2,41,49)(H,42,55)(H,43,53)(H,44,56)(H,45,57)(H,46,52)(H,47,54)(H,50,51)/t24-,25-,26-,29-,30-,31+/m0/s1. The van der Waals surface area contributed by atoms with Crippen LogP contribution >= 0.6 is 21.6 Å². The summed E-state index contributed by atoms with van der Waals surface area (Å²) in [7, 11) is 2.14. The third-order valence-corrected chi connectivity index (χ3v) is 13.5. The van der Waals surface area contributed by atoms with Crippen LogP contribution in [0.2, 0.25) is 0 Å².